The summed E-state index contributed by atoms with van der Waals surface area (Å²) in [6.45, 7) is 5.15. The third kappa shape index (κ3) is 6.31. The zero-order valence-electron chi connectivity index (χ0n) is 18.9. The Kier molecular flexibility index (Phi) is 8.25. The molecule has 3 rings (SSSR count). The van der Waals surface area contributed by atoms with Gasteiger partial charge < -0.3 is 19.5 Å². The van der Waals surface area contributed by atoms with Gasteiger partial charge in [0, 0.05) is 25.6 Å². The van der Waals surface area contributed by atoms with E-state index in [4.69, 9.17) is 14.2 Å². The number of allylic oxidation sites excluding steroid dienone is 1. The second-order valence-electron chi connectivity index (χ2n) is 8.66. The van der Waals surface area contributed by atoms with Crippen molar-refractivity contribution in [2.45, 2.75) is 70.8 Å². The molecule has 32 heavy (non-hydrogen) atoms. The van der Waals surface area contributed by atoms with Gasteiger partial charge in [-0.2, -0.15) is 0 Å². The lowest BCUT2D eigenvalue weighted by atomic mass is 9.87. The van der Waals surface area contributed by atoms with Crippen molar-refractivity contribution in [1.82, 2.24) is 10.3 Å². The quantitative estimate of drug-likeness (QED) is 0.663. The highest BCUT2D eigenvalue weighted by molar-refractivity contribution is 5.98. The summed E-state index contributed by atoms with van der Waals surface area (Å²) >= 11 is 0. The molecule has 1 saturated heterocycles. The normalized spacial score (nSPS) is 22.3. The van der Waals surface area contributed by atoms with E-state index in [0.717, 1.165) is 25.2 Å². The molecule has 174 valence electrons. The number of hydrogen-bond donors (Lipinski definition) is 1. The maximum atomic E-state index is 12.9. The lowest BCUT2D eigenvalue weighted by molar-refractivity contribution is -0.142. The topological polar surface area (TPSA) is 104 Å². The number of pyridine rings is 1. The Hall–Kier alpha value is -2.90. The van der Waals surface area contributed by atoms with Gasteiger partial charge in [-0.1, -0.05) is 38.7 Å². The van der Waals surface area contributed by atoms with Crippen molar-refractivity contribution < 1.29 is 28.6 Å². The second-order valence-corrected chi connectivity index (χ2v) is 8.66. The molecule has 0 radical (unpaired) electrons. The van der Waals surface area contributed by atoms with Gasteiger partial charge in [0.05, 0.1) is 7.11 Å². The Bertz CT molecular complexity index is 862. The van der Waals surface area contributed by atoms with Crippen LogP contribution in [0.5, 0.6) is 11.5 Å². The van der Waals surface area contributed by atoms with Crippen molar-refractivity contribution in [3.63, 3.8) is 0 Å². The molecular formula is C24H32N2O6. The Morgan fingerprint density at radius 3 is 2.59 bits per heavy atom. The molecule has 1 aromatic rings. The van der Waals surface area contributed by atoms with Gasteiger partial charge in [0.2, 0.25) is 5.75 Å². The Labute approximate surface area is 188 Å². The van der Waals surface area contributed by atoms with Crippen LogP contribution in [0.25, 0.3) is 0 Å². The first kappa shape index (κ1) is 23.8. The number of amides is 1. The first-order valence-corrected chi connectivity index (χ1v) is 11.3. The molecule has 2 fully saturated rings. The van der Waals surface area contributed by atoms with Gasteiger partial charge in [-0.25, -0.2) is 9.78 Å². The number of carbonyl (C=O) groups excluding carboxylic acids is 3. The molecule has 0 bridgehead atoms. The fourth-order valence-electron chi connectivity index (χ4n) is 4.68. The monoisotopic (exact) mass is 444 g/mol. The third-order valence-corrected chi connectivity index (χ3v) is 6.15. The van der Waals surface area contributed by atoms with Gasteiger partial charge >= 0.3 is 11.9 Å². The summed E-state index contributed by atoms with van der Waals surface area (Å²) in [6, 6.07) is 0.639. The van der Waals surface area contributed by atoms with E-state index in [1.165, 1.54) is 52.0 Å². The number of ether oxygens (including phenoxy) is 3. The first-order valence-electron chi connectivity index (χ1n) is 11.3. The average molecular weight is 445 g/mol. The zero-order valence-corrected chi connectivity index (χ0v) is 18.9. The van der Waals surface area contributed by atoms with Crippen LogP contribution in [-0.2, 0) is 14.3 Å². The lowest BCUT2D eigenvalue weighted by Crippen LogP contribution is -2.42. The van der Waals surface area contributed by atoms with E-state index in [9.17, 15) is 14.4 Å². The SMILES string of the molecule is C=C1C[C@@H](CC2CCCC2)CCC[C@H](NC(=O)c2nccc(OC)c2OC(C)=O)C(=O)O1. The molecule has 1 N–H and O–H groups in total. The van der Waals surface area contributed by atoms with Gasteiger partial charge in [0.15, 0.2) is 11.4 Å². The molecule has 2 atom stereocenters. The minimum atomic E-state index is -0.845. The summed E-state index contributed by atoms with van der Waals surface area (Å²) in [5.41, 5.74) is -0.134. The number of hydrogen-bond acceptors (Lipinski definition) is 7. The summed E-state index contributed by atoms with van der Waals surface area (Å²) in [5, 5.41) is 2.69. The van der Waals surface area contributed by atoms with Crippen LogP contribution in [0.15, 0.2) is 24.6 Å². The number of rotatable bonds is 6. The maximum absolute atomic E-state index is 12.9. The van der Waals surface area contributed by atoms with E-state index in [-0.39, 0.29) is 17.2 Å². The molecule has 0 aromatic carbocycles. The smallest absolute Gasteiger partial charge is 0.333 e. The van der Waals surface area contributed by atoms with Crippen LogP contribution in [0.1, 0.15) is 75.2 Å². The molecule has 0 spiro atoms. The molecule has 2 aliphatic rings. The third-order valence-electron chi connectivity index (χ3n) is 6.15. The minimum absolute atomic E-state index is 0.0857. The van der Waals surface area contributed by atoms with E-state index in [1.54, 1.807) is 0 Å². The van der Waals surface area contributed by atoms with E-state index in [0.29, 0.717) is 24.5 Å². The van der Waals surface area contributed by atoms with E-state index >= 15 is 0 Å². The van der Waals surface area contributed by atoms with Crippen molar-refractivity contribution >= 4 is 17.8 Å². The molecule has 1 aliphatic carbocycles. The molecule has 8 heteroatoms. The van der Waals surface area contributed by atoms with Crippen LogP contribution in [0, 0.1) is 11.8 Å². The van der Waals surface area contributed by atoms with Crippen molar-refractivity contribution in [3.05, 3.63) is 30.3 Å². The van der Waals surface area contributed by atoms with Crippen molar-refractivity contribution in [2.24, 2.45) is 11.8 Å². The fraction of sp³-hybridized carbons (Fsp3) is 0.583. The Morgan fingerprint density at radius 1 is 1.19 bits per heavy atom. The number of nitrogens with one attached hydrogen (secondary N) is 1. The molecule has 8 nitrogen and oxygen atoms in total. The highest BCUT2D eigenvalue weighted by Crippen LogP contribution is 2.35. The second kappa shape index (κ2) is 11.1. The minimum Gasteiger partial charge on any atom is -0.493 e. The van der Waals surface area contributed by atoms with Crippen molar-refractivity contribution in [1.29, 1.82) is 0 Å². The number of cyclic esters (lactones) is 1. The van der Waals surface area contributed by atoms with Gasteiger partial charge in [-0.15, -0.1) is 0 Å². The van der Waals surface area contributed by atoms with Crippen LogP contribution in [0.2, 0.25) is 0 Å². The summed E-state index contributed by atoms with van der Waals surface area (Å²) in [5.74, 6) is -0.0626. The summed E-state index contributed by atoms with van der Waals surface area (Å²) in [7, 11) is 1.40. The summed E-state index contributed by atoms with van der Waals surface area (Å²) in [6.07, 6.45) is 10.5. The number of carbonyl (C=O) groups is 3. The number of methoxy groups -OCH3 is 1. The number of aromatic nitrogens is 1. The zero-order chi connectivity index (χ0) is 23.1. The molecule has 1 saturated carbocycles. The van der Waals surface area contributed by atoms with Crippen LogP contribution < -0.4 is 14.8 Å². The fourth-order valence-corrected chi connectivity index (χ4v) is 4.68. The van der Waals surface area contributed by atoms with E-state index < -0.39 is 23.9 Å². The predicted molar refractivity (Wildman–Crippen MR) is 117 cm³/mol. The largest absolute Gasteiger partial charge is 0.493 e. The first-order chi connectivity index (χ1) is 15.4. The van der Waals surface area contributed by atoms with E-state index in [1.807, 2.05) is 0 Å². The maximum Gasteiger partial charge on any atom is 0.333 e. The van der Waals surface area contributed by atoms with Crippen LogP contribution in [-0.4, -0.2) is 36.0 Å². The van der Waals surface area contributed by atoms with Gasteiger partial charge in [0.1, 0.15) is 11.8 Å². The molecule has 0 unspecified atom stereocenters. The van der Waals surface area contributed by atoms with Gasteiger partial charge in [0.25, 0.3) is 5.91 Å². The van der Waals surface area contributed by atoms with Gasteiger partial charge in [-0.05, 0) is 31.1 Å². The standard InChI is InChI=1S/C24H32N2O6/c1-15-13-18(14-17-7-4-5-8-17)9-6-10-19(24(29)31-15)26-23(28)21-22(32-16(2)27)20(30-3)11-12-25-21/h11-12,17-19H,1,4-10,13-14H2,2-3H3,(H,26,28)/t18-,19-/m0/s1. The highest BCUT2D eigenvalue weighted by atomic mass is 16.6. The van der Waals surface area contributed by atoms with Crippen molar-refractivity contribution in [3.8, 4) is 11.5 Å². The molecule has 2 heterocycles. The molecule has 1 amide bonds. The summed E-state index contributed by atoms with van der Waals surface area (Å²) < 4.78 is 15.8. The lowest BCUT2D eigenvalue weighted by Gasteiger charge is -2.20. The average Bonchev–Trinajstić information content (AvgIpc) is 3.26. The predicted octanol–water partition coefficient (Wildman–Crippen LogP) is 3.94. The molecular weight excluding hydrogens is 412 g/mol. The van der Waals surface area contributed by atoms with Crippen molar-refractivity contribution in [2.75, 3.05) is 7.11 Å². The Morgan fingerprint density at radius 2 is 1.91 bits per heavy atom. The van der Waals surface area contributed by atoms with Gasteiger partial charge in [-0.3, -0.25) is 9.59 Å². The molecule has 1 aliphatic heterocycles. The van der Waals surface area contributed by atoms with E-state index in [2.05, 4.69) is 16.9 Å². The Balaban J connectivity index is 1.70. The summed E-state index contributed by atoms with van der Waals surface area (Å²) in [4.78, 5) is 41.2. The molecule has 1 aromatic heterocycles. The number of nitrogens with zero attached hydrogens (tertiary/aromatic N) is 1. The number of esters is 2. The van der Waals surface area contributed by atoms with Crippen LogP contribution in [0.4, 0.5) is 0 Å². The van der Waals surface area contributed by atoms with Crippen LogP contribution >= 0.6 is 0 Å². The highest BCUT2D eigenvalue weighted by Gasteiger charge is 2.30. The van der Waals surface area contributed by atoms with Crippen LogP contribution in [0.3, 0.4) is 0 Å².